The summed E-state index contributed by atoms with van der Waals surface area (Å²) in [6, 6.07) is 14.8. The molecule has 1 unspecified atom stereocenters. The van der Waals surface area contributed by atoms with Crippen LogP contribution in [0.2, 0.25) is 0 Å². The number of carbonyl (C=O) groups is 3. The van der Waals surface area contributed by atoms with Crippen molar-refractivity contribution in [3.05, 3.63) is 59.7 Å². The van der Waals surface area contributed by atoms with Crippen LogP contribution in [0.5, 0.6) is 0 Å². The molecule has 0 radical (unpaired) electrons. The lowest BCUT2D eigenvalue weighted by molar-refractivity contribution is -0.137. The van der Waals surface area contributed by atoms with Gasteiger partial charge in [0.15, 0.2) is 0 Å². The van der Waals surface area contributed by atoms with Crippen LogP contribution in [0.25, 0.3) is 11.1 Å². The number of nitrogens with one attached hydrogen (secondary N) is 2. The lowest BCUT2D eigenvalue weighted by Gasteiger charge is -2.25. The zero-order valence-electron chi connectivity index (χ0n) is 20.6. The third-order valence-electron chi connectivity index (χ3n) is 6.17. The van der Waals surface area contributed by atoms with Crippen molar-refractivity contribution in [1.29, 1.82) is 0 Å². The normalized spacial score (nSPS) is 14.1. The van der Waals surface area contributed by atoms with Crippen LogP contribution in [0.15, 0.2) is 48.5 Å². The number of nitrogens with zero attached hydrogens (tertiary/aromatic N) is 1. The number of hydrogen-bond donors (Lipinski definition) is 3. The maximum Gasteiger partial charge on any atom is 0.407 e. The van der Waals surface area contributed by atoms with E-state index >= 15 is 0 Å². The number of hydrogen-bond acceptors (Lipinski definition) is 5. The van der Waals surface area contributed by atoms with Crippen LogP contribution in [0.3, 0.4) is 0 Å². The molecule has 2 aromatic carbocycles. The van der Waals surface area contributed by atoms with Crippen molar-refractivity contribution in [2.75, 3.05) is 27.2 Å². The summed E-state index contributed by atoms with van der Waals surface area (Å²) < 4.78 is 5.59. The molecule has 35 heavy (non-hydrogen) atoms. The first-order valence-corrected chi connectivity index (χ1v) is 12.1. The highest BCUT2D eigenvalue weighted by molar-refractivity contribution is 5.86. The number of likely N-dealkylation sites (N-methyl/N-ethyl adjacent to an activating group) is 1. The van der Waals surface area contributed by atoms with Gasteiger partial charge in [-0.3, -0.25) is 9.59 Å². The fraction of sp³-hybridized carbons (Fsp3) is 0.444. The molecule has 0 bridgehead atoms. The molecule has 2 amide bonds. The highest BCUT2D eigenvalue weighted by Crippen LogP contribution is 2.44. The van der Waals surface area contributed by atoms with E-state index in [4.69, 9.17) is 4.74 Å². The standard InChI is InChI=1S/C27H35N3O5/c1-4-5-10-18(15-25(31)32)28-26(33)24(16-30(2)3)29-27(34)35-17-23-21-13-8-6-11-19(21)20-12-7-9-14-22(20)23/h6-9,11-14,18,23-24H,4-5,10,15-17H2,1-3H3,(H,28,33)(H,29,34)(H,31,32)/t18-,24?/m1/s1. The molecule has 0 saturated carbocycles. The van der Waals surface area contributed by atoms with Crippen LogP contribution in [0, 0.1) is 0 Å². The smallest absolute Gasteiger partial charge is 0.407 e. The number of ether oxygens (including phenoxy) is 1. The van der Waals surface area contributed by atoms with Gasteiger partial charge in [0.05, 0.1) is 6.42 Å². The minimum absolute atomic E-state index is 0.0803. The van der Waals surface area contributed by atoms with Crippen molar-refractivity contribution in [1.82, 2.24) is 15.5 Å². The fourth-order valence-electron chi connectivity index (χ4n) is 4.53. The Morgan fingerprint density at radius 3 is 2.14 bits per heavy atom. The van der Waals surface area contributed by atoms with E-state index in [-0.39, 0.29) is 25.5 Å². The molecule has 0 aliphatic heterocycles. The second-order valence-corrected chi connectivity index (χ2v) is 9.23. The van der Waals surface area contributed by atoms with E-state index in [1.54, 1.807) is 19.0 Å². The summed E-state index contributed by atoms with van der Waals surface area (Å²) in [5.41, 5.74) is 4.49. The Morgan fingerprint density at radius 1 is 1.00 bits per heavy atom. The Bertz CT molecular complexity index is 993. The lowest BCUT2D eigenvalue weighted by atomic mass is 9.98. The summed E-state index contributed by atoms with van der Waals surface area (Å²) in [4.78, 5) is 38.7. The van der Waals surface area contributed by atoms with Crippen molar-refractivity contribution >= 4 is 18.0 Å². The van der Waals surface area contributed by atoms with Crippen LogP contribution >= 0.6 is 0 Å². The van der Waals surface area contributed by atoms with Gasteiger partial charge in [-0.15, -0.1) is 0 Å². The Labute approximate surface area is 206 Å². The number of rotatable bonds is 12. The maximum atomic E-state index is 13.0. The average molecular weight is 482 g/mol. The first-order valence-electron chi connectivity index (χ1n) is 12.1. The zero-order valence-corrected chi connectivity index (χ0v) is 20.6. The Morgan fingerprint density at radius 2 is 1.60 bits per heavy atom. The molecule has 0 fully saturated rings. The molecule has 0 saturated heterocycles. The van der Waals surface area contributed by atoms with Crippen LogP contribution in [-0.2, 0) is 14.3 Å². The second-order valence-electron chi connectivity index (χ2n) is 9.23. The van der Waals surface area contributed by atoms with Gasteiger partial charge in [-0.05, 0) is 42.8 Å². The number of amides is 2. The number of aliphatic carboxylic acids is 1. The molecule has 1 aliphatic carbocycles. The molecule has 188 valence electrons. The minimum atomic E-state index is -0.972. The highest BCUT2D eigenvalue weighted by atomic mass is 16.5. The van der Waals surface area contributed by atoms with Crippen molar-refractivity contribution in [3.63, 3.8) is 0 Å². The molecule has 3 rings (SSSR count). The third kappa shape index (κ3) is 7.05. The van der Waals surface area contributed by atoms with Gasteiger partial charge in [0.2, 0.25) is 5.91 Å². The molecule has 0 aromatic heterocycles. The fourth-order valence-corrected chi connectivity index (χ4v) is 4.53. The molecule has 2 aromatic rings. The minimum Gasteiger partial charge on any atom is -0.481 e. The summed E-state index contributed by atoms with van der Waals surface area (Å²) in [7, 11) is 3.59. The van der Waals surface area contributed by atoms with Crippen LogP contribution in [0.4, 0.5) is 4.79 Å². The first kappa shape index (κ1) is 26.2. The van der Waals surface area contributed by atoms with E-state index < -0.39 is 30.1 Å². The van der Waals surface area contributed by atoms with E-state index in [1.165, 1.54) is 0 Å². The van der Waals surface area contributed by atoms with Gasteiger partial charge in [0.25, 0.3) is 0 Å². The van der Waals surface area contributed by atoms with Gasteiger partial charge in [-0.25, -0.2) is 4.79 Å². The molecular formula is C27H35N3O5. The third-order valence-corrected chi connectivity index (χ3v) is 6.17. The Balaban J connectivity index is 1.64. The van der Waals surface area contributed by atoms with Gasteiger partial charge >= 0.3 is 12.1 Å². The van der Waals surface area contributed by atoms with E-state index in [2.05, 4.69) is 22.8 Å². The number of carboxylic acid groups (broad SMARTS) is 1. The van der Waals surface area contributed by atoms with Crippen molar-refractivity contribution in [2.45, 2.75) is 50.6 Å². The lowest BCUT2D eigenvalue weighted by Crippen LogP contribution is -2.54. The van der Waals surface area contributed by atoms with Gasteiger partial charge in [0.1, 0.15) is 12.6 Å². The van der Waals surface area contributed by atoms with Gasteiger partial charge in [-0.2, -0.15) is 0 Å². The van der Waals surface area contributed by atoms with E-state index in [1.807, 2.05) is 43.3 Å². The molecule has 8 nitrogen and oxygen atoms in total. The largest absolute Gasteiger partial charge is 0.481 e. The van der Waals surface area contributed by atoms with Crippen molar-refractivity contribution < 1.29 is 24.2 Å². The maximum absolute atomic E-state index is 13.0. The predicted octanol–water partition coefficient (Wildman–Crippen LogP) is 3.61. The molecule has 2 atom stereocenters. The van der Waals surface area contributed by atoms with Crippen molar-refractivity contribution in [3.8, 4) is 11.1 Å². The number of fused-ring (bicyclic) bond motifs is 3. The van der Waals surface area contributed by atoms with Crippen LogP contribution < -0.4 is 10.6 Å². The first-order chi connectivity index (χ1) is 16.8. The summed E-state index contributed by atoms with van der Waals surface area (Å²) in [6.07, 6.45) is 1.42. The topological polar surface area (TPSA) is 108 Å². The van der Waals surface area contributed by atoms with Crippen LogP contribution in [0.1, 0.15) is 49.7 Å². The quantitative estimate of drug-likeness (QED) is 0.428. The monoisotopic (exact) mass is 481 g/mol. The Hall–Kier alpha value is -3.39. The summed E-state index contributed by atoms with van der Waals surface area (Å²) in [5, 5.41) is 14.7. The number of benzene rings is 2. The zero-order chi connectivity index (χ0) is 25.4. The van der Waals surface area contributed by atoms with Gasteiger partial charge in [-0.1, -0.05) is 68.3 Å². The van der Waals surface area contributed by atoms with E-state index in [0.717, 1.165) is 35.1 Å². The van der Waals surface area contributed by atoms with E-state index in [0.29, 0.717) is 6.42 Å². The van der Waals surface area contributed by atoms with Gasteiger partial charge < -0.3 is 25.4 Å². The summed E-state index contributed by atoms with van der Waals surface area (Å²) in [6.45, 7) is 2.41. The number of carbonyl (C=O) groups excluding carboxylic acids is 2. The molecule has 0 spiro atoms. The number of carboxylic acids is 1. The van der Waals surface area contributed by atoms with Gasteiger partial charge in [0, 0.05) is 18.5 Å². The highest BCUT2D eigenvalue weighted by Gasteiger charge is 2.30. The summed E-state index contributed by atoms with van der Waals surface area (Å²) >= 11 is 0. The average Bonchev–Trinajstić information content (AvgIpc) is 3.14. The number of unbranched alkanes of at least 4 members (excludes halogenated alkanes) is 1. The molecule has 8 heteroatoms. The second kappa shape index (κ2) is 12.4. The predicted molar refractivity (Wildman–Crippen MR) is 134 cm³/mol. The molecular weight excluding hydrogens is 446 g/mol. The number of alkyl carbamates (subject to hydrolysis) is 1. The van der Waals surface area contributed by atoms with E-state index in [9.17, 15) is 19.5 Å². The molecule has 0 heterocycles. The SMILES string of the molecule is CCCC[C@H](CC(=O)O)NC(=O)C(CN(C)C)NC(=O)OCC1c2ccccc2-c2ccccc21. The summed E-state index contributed by atoms with van der Waals surface area (Å²) in [5.74, 6) is -1.47. The molecule has 1 aliphatic rings. The molecule has 3 N–H and O–H groups in total. The Kier molecular flexibility index (Phi) is 9.25. The van der Waals surface area contributed by atoms with Crippen LogP contribution in [-0.4, -0.2) is 67.3 Å². The van der Waals surface area contributed by atoms with Crippen molar-refractivity contribution in [2.24, 2.45) is 0 Å².